The van der Waals surface area contributed by atoms with Crippen LogP contribution in [0.15, 0.2) is 17.7 Å². The van der Waals surface area contributed by atoms with Crippen LogP contribution in [0, 0.1) is 11.3 Å². The number of ether oxygens (including phenoxy) is 3. The maximum absolute atomic E-state index is 11.9. The molecule has 0 fully saturated rings. The first-order chi connectivity index (χ1) is 10.5. The van der Waals surface area contributed by atoms with Gasteiger partial charge >= 0.3 is 0 Å². The van der Waals surface area contributed by atoms with Crippen LogP contribution < -0.4 is 19.5 Å². The second-order valence-corrected chi connectivity index (χ2v) is 4.76. The summed E-state index contributed by atoms with van der Waals surface area (Å²) in [6.07, 6.45) is 1.47. The minimum Gasteiger partial charge on any atom is -0.493 e. The molecule has 1 amide bonds. The standard InChI is InChI=1S/C16H20N2O4/c1-10(2)18-16(19)12(9-17)6-11-7-13(20-3)15(22-5)14(8-11)21-4/h6-8,10H,1-5H3,(H,18,19)/b12-6-. The number of nitrogens with zero attached hydrogens (tertiary/aromatic N) is 1. The summed E-state index contributed by atoms with van der Waals surface area (Å²) in [5.74, 6) is 0.933. The number of hydrogen-bond donors (Lipinski definition) is 1. The molecular weight excluding hydrogens is 284 g/mol. The normalized spacial score (nSPS) is 10.9. The van der Waals surface area contributed by atoms with E-state index in [-0.39, 0.29) is 11.6 Å². The van der Waals surface area contributed by atoms with E-state index in [2.05, 4.69) is 5.32 Å². The average molecular weight is 304 g/mol. The zero-order valence-electron chi connectivity index (χ0n) is 13.4. The molecule has 1 rings (SSSR count). The molecule has 0 bridgehead atoms. The largest absolute Gasteiger partial charge is 0.493 e. The highest BCUT2D eigenvalue weighted by molar-refractivity contribution is 6.01. The average Bonchev–Trinajstić information content (AvgIpc) is 2.50. The summed E-state index contributed by atoms with van der Waals surface area (Å²) < 4.78 is 15.7. The van der Waals surface area contributed by atoms with Crippen LogP contribution in [0.3, 0.4) is 0 Å². The van der Waals surface area contributed by atoms with Gasteiger partial charge in [-0.25, -0.2) is 0 Å². The van der Waals surface area contributed by atoms with E-state index in [9.17, 15) is 4.79 Å². The smallest absolute Gasteiger partial charge is 0.262 e. The van der Waals surface area contributed by atoms with Gasteiger partial charge in [0.05, 0.1) is 21.3 Å². The maximum atomic E-state index is 11.9. The molecule has 0 aromatic heterocycles. The molecule has 0 heterocycles. The van der Waals surface area contributed by atoms with Gasteiger partial charge in [0, 0.05) is 6.04 Å². The summed E-state index contributed by atoms with van der Waals surface area (Å²) in [4.78, 5) is 11.9. The van der Waals surface area contributed by atoms with Crippen molar-refractivity contribution in [1.29, 1.82) is 5.26 Å². The van der Waals surface area contributed by atoms with E-state index in [1.54, 1.807) is 12.1 Å². The van der Waals surface area contributed by atoms with Gasteiger partial charge in [-0.1, -0.05) is 0 Å². The summed E-state index contributed by atoms with van der Waals surface area (Å²) >= 11 is 0. The van der Waals surface area contributed by atoms with Crippen molar-refractivity contribution >= 4 is 12.0 Å². The van der Waals surface area contributed by atoms with Gasteiger partial charge in [-0.3, -0.25) is 4.79 Å². The predicted molar refractivity (Wildman–Crippen MR) is 83.0 cm³/mol. The van der Waals surface area contributed by atoms with Crippen molar-refractivity contribution in [3.05, 3.63) is 23.3 Å². The minimum atomic E-state index is -0.425. The van der Waals surface area contributed by atoms with E-state index in [0.29, 0.717) is 22.8 Å². The Morgan fingerprint density at radius 3 is 2.09 bits per heavy atom. The molecule has 0 aliphatic heterocycles. The van der Waals surface area contributed by atoms with Crippen LogP contribution in [0.5, 0.6) is 17.2 Å². The molecule has 6 nitrogen and oxygen atoms in total. The van der Waals surface area contributed by atoms with E-state index in [0.717, 1.165) is 0 Å². The predicted octanol–water partition coefficient (Wildman–Crippen LogP) is 2.14. The highest BCUT2D eigenvalue weighted by atomic mass is 16.5. The number of methoxy groups -OCH3 is 3. The third-order valence-electron chi connectivity index (χ3n) is 2.78. The Balaban J connectivity index is 3.28. The van der Waals surface area contributed by atoms with Crippen LogP contribution in [-0.2, 0) is 4.79 Å². The maximum Gasteiger partial charge on any atom is 0.262 e. The van der Waals surface area contributed by atoms with Crippen molar-refractivity contribution in [3.8, 4) is 23.3 Å². The number of benzene rings is 1. The van der Waals surface area contributed by atoms with Crippen LogP contribution in [0.25, 0.3) is 6.08 Å². The third kappa shape index (κ3) is 4.16. The van der Waals surface area contributed by atoms with E-state index in [4.69, 9.17) is 19.5 Å². The van der Waals surface area contributed by atoms with E-state index >= 15 is 0 Å². The Hall–Kier alpha value is -2.68. The van der Waals surface area contributed by atoms with Crippen LogP contribution in [0.2, 0.25) is 0 Å². The molecule has 0 radical (unpaired) electrons. The lowest BCUT2D eigenvalue weighted by Gasteiger charge is -2.13. The molecular formula is C16H20N2O4. The Kier molecular flexibility index (Phi) is 6.26. The van der Waals surface area contributed by atoms with Gasteiger partial charge in [0.15, 0.2) is 11.5 Å². The fourth-order valence-electron chi connectivity index (χ4n) is 1.84. The number of amides is 1. The molecule has 0 saturated heterocycles. The Morgan fingerprint density at radius 1 is 1.18 bits per heavy atom. The number of hydrogen-bond acceptors (Lipinski definition) is 5. The molecule has 0 aliphatic rings. The SMILES string of the molecule is COc1cc(/C=C(/C#N)C(=O)NC(C)C)cc(OC)c1OC. The van der Waals surface area contributed by atoms with Gasteiger partial charge in [0.25, 0.3) is 5.91 Å². The summed E-state index contributed by atoms with van der Waals surface area (Å²) in [6, 6.07) is 5.18. The van der Waals surface area contributed by atoms with Crippen molar-refractivity contribution in [2.45, 2.75) is 19.9 Å². The molecule has 0 aliphatic carbocycles. The van der Waals surface area contributed by atoms with Crippen LogP contribution >= 0.6 is 0 Å². The topological polar surface area (TPSA) is 80.6 Å². The molecule has 0 atom stereocenters. The fourth-order valence-corrected chi connectivity index (χ4v) is 1.84. The fraction of sp³-hybridized carbons (Fsp3) is 0.375. The molecule has 1 aromatic rings. The Bertz CT molecular complexity index is 590. The number of rotatable bonds is 6. The molecule has 22 heavy (non-hydrogen) atoms. The van der Waals surface area contributed by atoms with Crippen LogP contribution in [0.1, 0.15) is 19.4 Å². The summed E-state index contributed by atoms with van der Waals surface area (Å²) in [5.41, 5.74) is 0.605. The van der Waals surface area contributed by atoms with E-state index in [1.807, 2.05) is 19.9 Å². The second kappa shape index (κ2) is 7.93. The Morgan fingerprint density at radius 2 is 1.73 bits per heavy atom. The molecule has 0 unspecified atom stereocenters. The van der Waals surface area contributed by atoms with Gasteiger partial charge in [-0.2, -0.15) is 5.26 Å². The van der Waals surface area contributed by atoms with Gasteiger partial charge in [-0.05, 0) is 37.6 Å². The Labute approximate surface area is 130 Å². The van der Waals surface area contributed by atoms with Gasteiger partial charge < -0.3 is 19.5 Å². The zero-order valence-corrected chi connectivity index (χ0v) is 13.4. The zero-order chi connectivity index (χ0) is 16.7. The second-order valence-electron chi connectivity index (χ2n) is 4.76. The first kappa shape index (κ1) is 17.4. The molecule has 1 aromatic carbocycles. The lowest BCUT2D eigenvalue weighted by Crippen LogP contribution is -2.30. The lowest BCUT2D eigenvalue weighted by atomic mass is 10.1. The number of carbonyl (C=O) groups is 1. The van der Waals surface area contributed by atoms with E-state index in [1.165, 1.54) is 27.4 Å². The van der Waals surface area contributed by atoms with Gasteiger partial charge in [0.1, 0.15) is 11.6 Å². The van der Waals surface area contributed by atoms with Gasteiger partial charge in [0.2, 0.25) is 5.75 Å². The first-order valence-corrected chi connectivity index (χ1v) is 6.69. The third-order valence-corrected chi connectivity index (χ3v) is 2.78. The summed E-state index contributed by atoms with van der Waals surface area (Å²) in [7, 11) is 4.51. The number of carbonyl (C=O) groups excluding carboxylic acids is 1. The highest BCUT2D eigenvalue weighted by Crippen LogP contribution is 2.38. The van der Waals surface area contributed by atoms with Crippen molar-refractivity contribution < 1.29 is 19.0 Å². The molecule has 0 spiro atoms. The van der Waals surface area contributed by atoms with Crippen molar-refractivity contribution in [3.63, 3.8) is 0 Å². The molecule has 118 valence electrons. The summed E-state index contributed by atoms with van der Waals surface area (Å²) in [6.45, 7) is 3.65. The lowest BCUT2D eigenvalue weighted by molar-refractivity contribution is -0.117. The number of nitrogens with one attached hydrogen (secondary N) is 1. The van der Waals surface area contributed by atoms with Crippen LogP contribution in [0.4, 0.5) is 0 Å². The van der Waals surface area contributed by atoms with Crippen LogP contribution in [-0.4, -0.2) is 33.3 Å². The first-order valence-electron chi connectivity index (χ1n) is 6.69. The van der Waals surface area contributed by atoms with E-state index < -0.39 is 5.91 Å². The van der Waals surface area contributed by atoms with Crippen molar-refractivity contribution in [2.24, 2.45) is 0 Å². The monoisotopic (exact) mass is 304 g/mol. The van der Waals surface area contributed by atoms with Gasteiger partial charge in [-0.15, -0.1) is 0 Å². The minimum absolute atomic E-state index is 0.00275. The number of nitriles is 1. The highest BCUT2D eigenvalue weighted by Gasteiger charge is 2.15. The quantitative estimate of drug-likeness (QED) is 0.643. The molecule has 0 saturated carbocycles. The molecule has 1 N–H and O–H groups in total. The molecule has 6 heteroatoms. The van der Waals surface area contributed by atoms with Crippen molar-refractivity contribution in [1.82, 2.24) is 5.32 Å². The summed E-state index contributed by atoms with van der Waals surface area (Å²) in [5, 5.41) is 11.8. The van der Waals surface area contributed by atoms with Crippen molar-refractivity contribution in [2.75, 3.05) is 21.3 Å².